The van der Waals surface area contributed by atoms with Gasteiger partial charge in [0.15, 0.2) is 0 Å². The van der Waals surface area contributed by atoms with E-state index in [0.29, 0.717) is 30.3 Å². The third kappa shape index (κ3) is 4.31. The van der Waals surface area contributed by atoms with Crippen molar-refractivity contribution in [3.63, 3.8) is 0 Å². The van der Waals surface area contributed by atoms with Crippen LogP contribution in [0.5, 0.6) is 0 Å². The number of halogens is 2. The molecule has 2 aliphatic heterocycles. The van der Waals surface area contributed by atoms with Crippen LogP contribution >= 0.6 is 23.2 Å². The summed E-state index contributed by atoms with van der Waals surface area (Å²) < 4.78 is 32.7. The minimum absolute atomic E-state index is 0.0982. The average molecular weight is 407 g/mol. The summed E-state index contributed by atoms with van der Waals surface area (Å²) in [5, 5.41) is 0.590. The Bertz CT molecular complexity index is 698. The van der Waals surface area contributed by atoms with Gasteiger partial charge in [0.05, 0.1) is 11.1 Å². The predicted octanol–water partition coefficient (Wildman–Crippen LogP) is 3.26. The summed E-state index contributed by atoms with van der Waals surface area (Å²) in [5.41, 5.74) is 0. The van der Waals surface area contributed by atoms with Crippen LogP contribution in [0.4, 0.5) is 0 Å². The molecule has 0 spiro atoms. The van der Waals surface area contributed by atoms with Crippen molar-refractivity contribution in [1.82, 2.24) is 9.21 Å². The molecule has 2 fully saturated rings. The van der Waals surface area contributed by atoms with E-state index < -0.39 is 10.0 Å². The minimum atomic E-state index is -3.60. The molecule has 0 saturated carbocycles. The summed E-state index contributed by atoms with van der Waals surface area (Å²) in [6.07, 6.45) is 4.14. The van der Waals surface area contributed by atoms with Crippen molar-refractivity contribution in [2.24, 2.45) is 0 Å². The van der Waals surface area contributed by atoms with E-state index >= 15 is 0 Å². The maximum atomic E-state index is 12.9. The molecule has 25 heavy (non-hydrogen) atoms. The molecule has 3 rings (SSSR count). The molecule has 0 atom stereocenters. The molecule has 0 unspecified atom stereocenters. The van der Waals surface area contributed by atoms with Crippen LogP contribution in [0.25, 0.3) is 0 Å². The van der Waals surface area contributed by atoms with Gasteiger partial charge >= 0.3 is 0 Å². The molecule has 140 valence electrons. The fourth-order valence-corrected chi connectivity index (χ4v) is 5.95. The highest BCUT2D eigenvalue weighted by Crippen LogP contribution is 2.30. The predicted molar refractivity (Wildman–Crippen MR) is 99.8 cm³/mol. The van der Waals surface area contributed by atoms with Crippen LogP contribution in [0, 0.1) is 0 Å². The van der Waals surface area contributed by atoms with Crippen LogP contribution in [0.15, 0.2) is 23.1 Å². The third-order valence-electron chi connectivity index (χ3n) is 5.26. The van der Waals surface area contributed by atoms with E-state index in [-0.39, 0.29) is 9.92 Å². The van der Waals surface area contributed by atoms with E-state index in [9.17, 15) is 8.42 Å². The second-order valence-corrected chi connectivity index (χ2v) is 9.43. The lowest BCUT2D eigenvalue weighted by atomic mass is 10.00. The van der Waals surface area contributed by atoms with Gasteiger partial charge in [-0.3, -0.25) is 0 Å². The van der Waals surface area contributed by atoms with Crippen LogP contribution < -0.4 is 0 Å². The van der Waals surface area contributed by atoms with Crippen molar-refractivity contribution in [3.05, 3.63) is 28.2 Å². The number of ether oxygens (including phenoxy) is 1. The fraction of sp³-hybridized carbons (Fsp3) is 0.647. The first-order valence-electron chi connectivity index (χ1n) is 8.64. The molecule has 1 aromatic rings. The molecule has 0 aliphatic carbocycles. The lowest BCUT2D eigenvalue weighted by Gasteiger charge is -2.41. The quantitative estimate of drug-likeness (QED) is 0.769. The minimum Gasteiger partial charge on any atom is -0.381 e. The fourth-order valence-electron chi connectivity index (χ4n) is 3.74. The summed E-state index contributed by atoms with van der Waals surface area (Å²) in [7, 11) is -1.84. The lowest BCUT2D eigenvalue weighted by molar-refractivity contribution is 0.0190. The molecule has 0 amide bonds. The van der Waals surface area contributed by atoms with E-state index in [0.717, 1.165) is 38.8 Å². The zero-order chi connectivity index (χ0) is 18.0. The molecule has 0 N–H and O–H groups in total. The van der Waals surface area contributed by atoms with Gasteiger partial charge in [0, 0.05) is 44.4 Å². The van der Waals surface area contributed by atoms with Crippen LogP contribution in [0.3, 0.4) is 0 Å². The molecule has 5 nitrogen and oxygen atoms in total. The summed E-state index contributed by atoms with van der Waals surface area (Å²) in [4.78, 5) is 2.58. The van der Waals surface area contributed by atoms with E-state index in [4.69, 9.17) is 27.9 Å². The van der Waals surface area contributed by atoms with Gasteiger partial charge in [-0.05, 0) is 43.9 Å². The Morgan fingerprint density at radius 1 is 1.04 bits per heavy atom. The number of methoxy groups -OCH3 is 1. The molecule has 2 heterocycles. The van der Waals surface area contributed by atoms with E-state index in [1.165, 1.54) is 16.4 Å². The van der Waals surface area contributed by atoms with Gasteiger partial charge in [-0.25, -0.2) is 8.42 Å². The van der Waals surface area contributed by atoms with Crippen LogP contribution in [-0.4, -0.2) is 63.1 Å². The van der Waals surface area contributed by atoms with Gasteiger partial charge in [-0.2, -0.15) is 4.31 Å². The van der Waals surface area contributed by atoms with Gasteiger partial charge in [0.2, 0.25) is 10.0 Å². The largest absolute Gasteiger partial charge is 0.381 e. The van der Waals surface area contributed by atoms with Gasteiger partial charge in [0.1, 0.15) is 4.90 Å². The number of piperidine rings is 2. The Morgan fingerprint density at radius 2 is 1.68 bits per heavy atom. The highest BCUT2D eigenvalue weighted by atomic mass is 35.5. The SMILES string of the molecule is COC1CCN(C2CCN(S(=O)(=O)c3cc(Cl)ccc3Cl)CC2)CC1. The van der Waals surface area contributed by atoms with Gasteiger partial charge in [0.25, 0.3) is 0 Å². The smallest absolute Gasteiger partial charge is 0.244 e. The van der Waals surface area contributed by atoms with Gasteiger partial charge in [-0.1, -0.05) is 23.2 Å². The van der Waals surface area contributed by atoms with E-state index in [1.54, 1.807) is 13.2 Å². The summed E-state index contributed by atoms with van der Waals surface area (Å²) in [5.74, 6) is 0. The van der Waals surface area contributed by atoms with Gasteiger partial charge in [-0.15, -0.1) is 0 Å². The Kier molecular flexibility index (Phi) is 6.29. The monoisotopic (exact) mass is 406 g/mol. The Labute approximate surface area is 159 Å². The first kappa shape index (κ1) is 19.4. The summed E-state index contributed by atoms with van der Waals surface area (Å²) in [6.45, 7) is 3.08. The second kappa shape index (κ2) is 8.11. The number of nitrogens with zero attached hydrogens (tertiary/aromatic N) is 2. The zero-order valence-corrected chi connectivity index (χ0v) is 16.7. The lowest BCUT2D eigenvalue weighted by Crippen LogP contribution is -2.49. The molecule has 8 heteroatoms. The van der Waals surface area contributed by atoms with Crippen molar-refractivity contribution in [2.75, 3.05) is 33.3 Å². The summed E-state index contributed by atoms with van der Waals surface area (Å²) >= 11 is 12.0. The van der Waals surface area contributed by atoms with Crippen molar-refractivity contribution in [3.8, 4) is 0 Å². The normalized spacial score (nSPS) is 22.4. The Morgan fingerprint density at radius 3 is 2.28 bits per heavy atom. The Balaban J connectivity index is 1.63. The first-order valence-corrected chi connectivity index (χ1v) is 10.8. The molecular formula is C17H24Cl2N2O3S. The third-order valence-corrected chi connectivity index (χ3v) is 7.88. The highest BCUT2D eigenvalue weighted by Gasteiger charge is 2.34. The van der Waals surface area contributed by atoms with E-state index in [2.05, 4.69) is 4.90 Å². The van der Waals surface area contributed by atoms with Crippen molar-refractivity contribution in [1.29, 1.82) is 0 Å². The molecule has 0 aromatic heterocycles. The Hall–Kier alpha value is -0.370. The molecule has 2 aliphatic rings. The number of benzene rings is 1. The van der Waals surface area contributed by atoms with Crippen molar-refractivity contribution >= 4 is 33.2 Å². The highest BCUT2D eigenvalue weighted by molar-refractivity contribution is 7.89. The summed E-state index contributed by atoms with van der Waals surface area (Å²) in [6, 6.07) is 5.00. The molecule has 2 saturated heterocycles. The number of likely N-dealkylation sites (tertiary alicyclic amines) is 1. The average Bonchev–Trinajstić information content (AvgIpc) is 2.64. The van der Waals surface area contributed by atoms with E-state index in [1.807, 2.05) is 0 Å². The molecule has 0 bridgehead atoms. The van der Waals surface area contributed by atoms with Crippen molar-refractivity contribution in [2.45, 2.75) is 42.7 Å². The van der Waals surface area contributed by atoms with Crippen LogP contribution in [0.1, 0.15) is 25.7 Å². The van der Waals surface area contributed by atoms with Crippen LogP contribution in [0.2, 0.25) is 10.0 Å². The second-order valence-electron chi connectivity index (χ2n) is 6.68. The number of hydrogen-bond acceptors (Lipinski definition) is 4. The van der Waals surface area contributed by atoms with Crippen molar-refractivity contribution < 1.29 is 13.2 Å². The van der Waals surface area contributed by atoms with Gasteiger partial charge < -0.3 is 9.64 Å². The number of hydrogen-bond donors (Lipinski definition) is 0. The maximum absolute atomic E-state index is 12.9. The number of sulfonamides is 1. The topological polar surface area (TPSA) is 49.9 Å². The van der Waals surface area contributed by atoms with Crippen LogP contribution in [-0.2, 0) is 14.8 Å². The standard InChI is InChI=1S/C17H24Cl2N2O3S/c1-24-15-6-8-20(9-7-15)14-4-10-21(11-5-14)25(22,23)17-12-13(18)2-3-16(17)19/h2-3,12,14-15H,4-11H2,1H3. The number of rotatable bonds is 4. The molecule has 1 aromatic carbocycles. The zero-order valence-electron chi connectivity index (χ0n) is 14.3. The first-order chi connectivity index (χ1) is 11.9. The molecular weight excluding hydrogens is 383 g/mol. The maximum Gasteiger partial charge on any atom is 0.244 e. The molecule has 0 radical (unpaired) electrons.